The minimum atomic E-state index is -1.15. The molecule has 7 heteroatoms. The van der Waals surface area contributed by atoms with Crippen LogP contribution in [0.3, 0.4) is 0 Å². The molecule has 1 rings (SSSR count). The van der Waals surface area contributed by atoms with Crippen LogP contribution in [-0.4, -0.2) is 36.9 Å². The maximum absolute atomic E-state index is 13.5. The molecule has 6 nitrogen and oxygen atoms in total. The Balaban J connectivity index is 2.61. The Kier molecular flexibility index (Phi) is 6.61. The second-order valence-electron chi connectivity index (χ2n) is 4.61. The van der Waals surface area contributed by atoms with Gasteiger partial charge in [-0.3, -0.25) is 0 Å². The second-order valence-corrected chi connectivity index (χ2v) is 4.61. The number of hydrogen-bond acceptors (Lipinski definition) is 3. The van der Waals surface area contributed by atoms with Crippen LogP contribution in [0.15, 0.2) is 18.2 Å². The van der Waals surface area contributed by atoms with Crippen molar-refractivity contribution in [3.8, 4) is 0 Å². The summed E-state index contributed by atoms with van der Waals surface area (Å²) in [6.07, 6.45) is 0.722. The van der Waals surface area contributed by atoms with Crippen LogP contribution in [0.1, 0.15) is 18.4 Å². The molecule has 0 bridgehead atoms. The van der Waals surface area contributed by atoms with E-state index in [-0.39, 0.29) is 12.1 Å². The molecule has 21 heavy (non-hydrogen) atoms. The van der Waals surface area contributed by atoms with Crippen molar-refractivity contribution in [2.24, 2.45) is 0 Å². The van der Waals surface area contributed by atoms with Gasteiger partial charge in [0.25, 0.3) is 0 Å². The molecule has 1 aromatic rings. The third-order valence-corrected chi connectivity index (χ3v) is 2.81. The molecule has 1 atom stereocenters. The Labute approximate surface area is 122 Å². The SMILES string of the molecule is COCCCC(NC(=O)Nc1cc(C)ccc1F)C(=O)O. The average molecular weight is 298 g/mol. The normalized spacial score (nSPS) is 11.8. The van der Waals surface area contributed by atoms with Crippen LogP contribution >= 0.6 is 0 Å². The molecular formula is C14H19FN2O4. The smallest absolute Gasteiger partial charge is 0.326 e. The highest BCUT2D eigenvalue weighted by atomic mass is 19.1. The summed E-state index contributed by atoms with van der Waals surface area (Å²) in [6.45, 7) is 2.16. The summed E-state index contributed by atoms with van der Waals surface area (Å²) in [4.78, 5) is 22.8. The molecule has 0 spiro atoms. The first-order chi connectivity index (χ1) is 9.93. The number of methoxy groups -OCH3 is 1. The fourth-order valence-corrected chi connectivity index (χ4v) is 1.74. The summed E-state index contributed by atoms with van der Waals surface area (Å²) < 4.78 is 18.3. The molecule has 0 aliphatic carbocycles. The fraction of sp³-hybridized carbons (Fsp3) is 0.429. The number of rotatable bonds is 7. The predicted molar refractivity (Wildman–Crippen MR) is 75.8 cm³/mol. The van der Waals surface area contributed by atoms with E-state index in [1.807, 2.05) is 0 Å². The van der Waals surface area contributed by atoms with E-state index in [0.29, 0.717) is 13.0 Å². The van der Waals surface area contributed by atoms with Crippen molar-refractivity contribution in [2.45, 2.75) is 25.8 Å². The van der Waals surface area contributed by atoms with E-state index in [4.69, 9.17) is 9.84 Å². The van der Waals surface area contributed by atoms with E-state index >= 15 is 0 Å². The van der Waals surface area contributed by atoms with Gasteiger partial charge in [-0.25, -0.2) is 14.0 Å². The van der Waals surface area contributed by atoms with Gasteiger partial charge in [0.1, 0.15) is 11.9 Å². The Bertz CT molecular complexity index is 508. The summed E-state index contributed by atoms with van der Waals surface area (Å²) in [5, 5.41) is 13.6. The van der Waals surface area contributed by atoms with Gasteiger partial charge >= 0.3 is 12.0 Å². The van der Waals surface area contributed by atoms with E-state index in [1.54, 1.807) is 13.0 Å². The van der Waals surface area contributed by atoms with Crippen LogP contribution in [0.4, 0.5) is 14.9 Å². The van der Waals surface area contributed by atoms with Crippen LogP contribution in [-0.2, 0) is 9.53 Å². The number of urea groups is 1. The van der Waals surface area contributed by atoms with Crippen molar-refractivity contribution in [2.75, 3.05) is 19.0 Å². The lowest BCUT2D eigenvalue weighted by molar-refractivity contribution is -0.139. The van der Waals surface area contributed by atoms with E-state index in [2.05, 4.69) is 10.6 Å². The van der Waals surface area contributed by atoms with Crippen LogP contribution < -0.4 is 10.6 Å². The molecule has 0 saturated heterocycles. The predicted octanol–water partition coefficient (Wildman–Crippen LogP) is 2.14. The lowest BCUT2D eigenvalue weighted by Crippen LogP contribution is -2.43. The summed E-state index contributed by atoms with van der Waals surface area (Å²) in [7, 11) is 1.51. The van der Waals surface area contributed by atoms with Crippen molar-refractivity contribution in [3.63, 3.8) is 0 Å². The van der Waals surface area contributed by atoms with Crippen molar-refractivity contribution in [1.29, 1.82) is 0 Å². The first-order valence-corrected chi connectivity index (χ1v) is 6.49. The number of halogens is 1. The molecule has 0 radical (unpaired) electrons. The van der Waals surface area contributed by atoms with Gasteiger partial charge in [0.2, 0.25) is 0 Å². The molecule has 116 valence electrons. The molecule has 1 unspecified atom stereocenters. The number of benzene rings is 1. The van der Waals surface area contributed by atoms with Gasteiger partial charge in [-0.1, -0.05) is 6.07 Å². The van der Waals surface area contributed by atoms with Gasteiger partial charge in [-0.05, 0) is 37.5 Å². The van der Waals surface area contributed by atoms with Crippen molar-refractivity contribution < 1.29 is 23.8 Å². The summed E-state index contributed by atoms with van der Waals surface area (Å²) in [5.74, 6) is -1.73. The number of nitrogens with one attached hydrogen (secondary N) is 2. The number of ether oxygens (including phenoxy) is 1. The van der Waals surface area contributed by atoms with Gasteiger partial charge in [0.05, 0.1) is 5.69 Å². The molecule has 2 amide bonds. The van der Waals surface area contributed by atoms with E-state index in [1.165, 1.54) is 19.2 Å². The van der Waals surface area contributed by atoms with E-state index in [9.17, 15) is 14.0 Å². The average Bonchev–Trinajstić information content (AvgIpc) is 2.42. The Hall–Kier alpha value is -2.15. The number of carboxylic acids is 1. The summed E-state index contributed by atoms with van der Waals surface area (Å²) in [5.41, 5.74) is 0.787. The van der Waals surface area contributed by atoms with Crippen molar-refractivity contribution in [3.05, 3.63) is 29.6 Å². The Morgan fingerprint density at radius 1 is 1.43 bits per heavy atom. The monoisotopic (exact) mass is 298 g/mol. The van der Waals surface area contributed by atoms with Crippen molar-refractivity contribution >= 4 is 17.7 Å². The number of anilines is 1. The van der Waals surface area contributed by atoms with Crippen molar-refractivity contribution in [1.82, 2.24) is 5.32 Å². The van der Waals surface area contributed by atoms with Crippen LogP contribution in [0.5, 0.6) is 0 Å². The highest BCUT2D eigenvalue weighted by molar-refractivity contribution is 5.92. The molecular weight excluding hydrogens is 279 g/mol. The van der Waals surface area contributed by atoms with E-state index in [0.717, 1.165) is 5.56 Å². The van der Waals surface area contributed by atoms with Gasteiger partial charge in [0.15, 0.2) is 0 Å². The number of hydrogen-bond donors (Lipinski definition) is 3. The highest BCUT2D eigenvalue weighted by Gasteiger charge is 2.20. The first-order valence-electron chi connectivity index (χ1n) is 6.49. The molecule has 1 aromatic carbocycles. The topological polar surface area (TPSA) is 87.7 Å². The largest absolute Gasteiger partial charge is 0.480 e. The van der Waals surface area contributed by atoms with Crippen LogP contribution in [0.2, 0.25) is 0 Å². The zero-order valence-electron chi connectivity index (χ0n) is 12.0. The number of carboxylic acid groups (broad SMARTS) is 1. The lowest BCUT2D eigenvalue weighted by atomic mass is 10.1. The van der Waals surface area contributed by atoms with Gasteiger partial charge in [0, 0.05) is 13.7 Å². The van der Waals surface area contributed by atoms with Gasteiger partial charge in [-0.15, -0.1) is 0 Å². The first kappa shape index (κ1) is 16.9. The second kappa shape index (κ2) is 8.21. The molecule has 0 aliphatic heterocycles. The Morgan fingerprint density at radius 2 is 2.14 bits per heavy atom. The van der Waals surface area contributed by atoms with Gasteiger partial charge < -0.3 is 20.5 Å². The summed E-state index contributed by atoms with van der Waals surface area (Å²) >= 11 is 0. The summed E-state index contributed by atoms with van der Waals surface area (Å²) in [6, 6.07) is 2.47. The molecule has 0 aliphatic rings. The third kappa shape index (κ3) is 5.78. The lowest BCUT2D eigenvalue weighted by Gasteiger charge is -2.15. The van der Waals surface area contributed by atoms with Crippen LogP contribution in [0.25, 0.3) is 0 Å². The zero-order valence-corrected chi connectivity index (χ0v) is 12.0. The molecule has 3 N–H and O–H groups in total. The third-order valence-electron chi connectivity index (χ3n) is 2.81. The van der Waals surface area contributed by atoms with Crippen LogP contribution in [0, 0.1) is 12.7 Å². The molecule has 0 saturated carbocycles. The zero-order chi connectivity index (χ0) is 15.8. The number of carbonyl (C=O) groups excluding carboxylic acids is 1. The minimum absolute atomic E-state index is 0.00790. The Morgan fingerprint density at radius 3 is 2.76 bits per heavy atom. The molecule has 0 fully saturated rings. The maximum atomic E-state index is 13.5. The number of carbonyl (C=O) groups is 2. The number of aryl methyl sites for hydroxylation is 1. The number of amides is 2. The molecule has 0 aromatic heterocycles. The quantitative estimate of drug-likeness (QED) is 0.673. The highest BCUT2D eigenvalue weighted by Crippen LogP contribution is 2.15. The minimum Gasteiger partial charge on any atom is -0.480 e. The molecule has 0 heterocycles. The van der Waals surface area contributed by atoms with E-state index < -0.39 is 23.9 Å². The fourth-order valence-electron chi connectivity index (χ4n) is 1.74. The number of aliphatic carboxylic acids is 1. The standard InChI is InChI=1S/C14H19FN2O4/c1-9-5-6-10(15)12(8-9)17-14(20)16-11(13(18)19)4-3-7-21-2/h5-6,8,11H,3-4,7H2,1-2H3,(H,18,19)(H2,16,17,20). The van der Waals surface area contributed by atoms with Gasteiger partial charge in [-0.2, -0.15) is 0 Å². The maximum Gasteiger partial charge on any atom is 0.326 e.